The second kappa shape index (κ2) is 15.9. The summed E-state index contributed by atoms with van der Waals surface area (Å²) in [4.78, 5) is 22.2. The molecule has 8 nitrogen and oxygen atoms in total. The molecule has 278 valence electrons. The first-order chi connectivity index (χ1) is 25.5. The number of benzene rings is 4. The zero-order chi connectivity index (χ0) is 36.7. The molecule has 4 heterocycles. The van der Waals surface area contributed by atoms with Gasteiger partial charge in [0.2, 0.25) is 5.95 Å². The van der Waals surface area contributed by atoms with Gasteiger partial charge in [0.1, 0.15) is 12.7 Å². The normalized spacial score (nSPS) is 11.5. The molecule has 4 aromatic heterocycles. The fourth-order valence-electron chi connectivity index (χ4n) is 6.13. The summed E-state index contributed by atoms with van der Waals surface area (Å²) in [6, 6.07) is 41.4. The van der Waals surface area contributed by atoms with Crippen LogP contribution in [0.3, 0.4) is 0 Å². The predicted octanol–water partition coefficient (Wildman–Crippen LogP) is 10.5. The molecule has 4 aromatic carbocycles. The summed E-state index contributed by atoms with van der Waals surface area (Å²) in [6.45, 7) is 13.1. The van der Waals surface area contributed by atoms with Gasteiger partial charge in [0.15, 0.2) is 0 Å². The molecule has 0 aliphatic rings. The van der Waals surface area contributed by atoms with E-state index in [9.17, 15) is 0 Å². The maximum absolute atomic E-state index is 6.36. The summed E-state index contributed by atoms with van der Waals surface area (Å²) >= 11 is 0. The van der Waals surface area contributed by atoms with Crippen LogP contribution in [0.25, 0.3) is 50.3 Å². The number of ether oxygens (including phenoxy) is 2. The van der Waals surface area contributed by atoms with Gasteiger partial charge in [-0.1, -0.05) is 76.8 Å². The molecule has 0 aliphatic carbocycles. The molecular weight excluding hydrogens is 869 g/mol. The Morgan fingerprint density at radius 2 is 0.945 bits per heavy atom. The van der Waals surface area contributed by atoms with Crippen LogP contribution in [-0.4, -0.2) is 29.5 Å². The Hall–Kier alpha value is -5.09. The van der Waals surface area contributed by atoms with E-state index in [0.29, 0.717) is 40.0 Å². The van der Waals surface area contributed by atoms with Crippen LogP contribution in [0.15, 0.2) is 110 Å². The second-order valence-corrected chi connectivity index (χ2v) is 14.9. The second-order valence-electron chi connectivity index (χ2n) is 14.9. The van der Waals surface area contributed by atoms with Crippen molar-refractivity contribution in [3.63, 3.8) is 0 Å². The van der Waals surface area contributed by atoms with Crippen LogP contribution in [0.1, 0.15) is 52.7 Å². The van der Waals surface area contributed by atoms with Gasteiger partial charge in [0.05, 0.1) is 0 Å². The topological polar surface area (TPSA) is 87.8 Å². The first kappa shape index (κ1) is 39.6. The summed E-state index contributed by atoms with van der Waals surface area (Å²) < 4.78 is 14.6. The Bertz CT molecular complexity index is 2450. The molecule has 0 saturated heterocycles. The zero-order valence-electron chi connectivity index (χ0n) is 31.0. The predicted molar refractivity (Wildman–Crippen MR) is 206 cm³/mol. The Kier molecular flexibility index (Phi) is 11.5. The summed E-state index contributed by atoms with van der Waals surface area (Å²) in [7, 11) is 0. The average molecular weight is 906 g/mol. The summed E-state index contributed by atoms with van der Waals surface area (Å²) in [5, 5.41) is 1.85. The number of pyridine rings is 2. The van der Waals surface area contributed by atoms with Crippen molar-refractivity contribution in [1.82, 2.24) is 29.5 Å². The maximum atomic E-state index is 6.36. The van der Waals surface area contributed by atoms with E-state index in [1.165, 1.54) is 23.8 Å². The molecule has 0 radical (unpaired) electrons. The fourth-order valence-corrected chi connectivity index (χ4v) is 6.13. The number of nitrogens with zero attached hydrogens (tertiary/aromatic N) is 6. The van der Waals surface area contributed by atoms with E-state index in [1.54, 1.807) is 0 Å². The molecule has 0 aliphatic heterocycles. The molecular formula is C45H36N6O2Pd2. The fraction of sp³-hybridized carbons (Fsp3) is 0.178. The molecule has 0 saturated carbocycles. The van der Waals surface area contributed by atoms with Crippen LogP contribution < -0.4 is 9.47 Å². The van der Waals surface area contributed by atoms with Crippen molar-refractivity contribution in [3.8, 4) is 51.5 Å². The quantitative estimate of drug-likeness (QED) is 0.116. The molecule has 55 heavy (non-hydrogen) atoms. The first-order valence-electron chi connectivity index (χ1n) is 17.4. The third-order valence-corrected chi connectivity index (χ3v) is 8.99. The van der Waals surface area contributed by atoms with Crippen LogP contribution in [-0.2, 0) is 51.7 Å². The van der Waals surface area contributed by atoms with Crippen LogP contribution in [0, 0.1) is 24.3 Å². The van der Waals surface area contributed by atoms with Crippen molar-refractivity contribution in [2.24, 2.45) is 0 Å². The van der Waals surface area contributed by atoms with Crippen molar-refractivity contribution < 1.29 is 50.3 Å². The minimum Gasteiger partial charge on any atom is -0.503 e. The molecule has 0 unspecified atom stereocenters. The molecule has 0 atom stereocenters. The van der Waals surface area contributed by atoms with Gasteiger partial charge in [-0.15, -0.1) is 71.8 Å². The van der Waals surface area contributed by atoms with Crippen molar-refractivity contribution in [2.45, 2.75) is 52.4 Å². The number of fused-ring (bicyclic) bond motifs is 3. The van der Waals surface area contributed by atoms with Crippen LogP contribution in [0.4, 0.5) is 0 Å². The summed E-state index contributed by atoms with van der Waals surface area (Å²) in [6.07, 6.45) is 6.61. The average Bonchev–Trinajstić information content (AvgIpc) is 3.47. The van der Waals surface area contributed by atoms with Gasteiger partial charge in [-0.2, -0.15) is 22.9 Å². The monoisotopic (exact) mass is 904 g/mol. The number of hydrogen-bond donors (Lipinski definition) is 0. The van der Waals surface area contributed by atoms with Gasteiger partial charge >= 0.3 is 40.8 Å². The summed E-state index contributed by atoms with van der Waals surface area (Å²) in [5.41, 5.74) is 7.17. The van der Waals surface area contributed by atoms with Crippen molar-refractivity contribution in [3.05, 3.63) is 145 Å². The van der Waals surface area contributed by atoms with E-state index in [1.807, 2.05) is 89.8 Å². The standard InChI is InChI=1S/C45H36N6O2.2Pd/c1-44(2,3)31-17-19-47-39(23-31)29-9-7-11-33(21-29)52-35-13-15-37-38-16-14-36(26-42(38)51(41(37)25-35)43-49-27-46-28-50-43)53-34-12-8-10-30(22-34)40-24-32(18-20-48-40)45(4,5)6;;/h7-20,23-24,27-28H,1-6H3;;/q-4;2*+2. The van der Waals surface area contributed by atoms with Gasteiger partial charge < -0.3 is 24.0 Å². The van der Waals surface area contributed by atoms with Gasteiger partial charge in [0.25, 0.3) is 0 Å². The molecule has 10 heteroatoms. The van der Waals surface area contributed by atoms with Crippen LogP contribution in [0.5, 0.6) is 23.0 Å². The smallest absolute Gasteiger partial charge is 0.503 e. The van der Waals surface area contributed by atoms with Gasteiger partial charge in [-0.25, -0.2) is 15.0 Å². The maximum Gasteiger partial charge on any atom is 2.00 e. The van der Waals surface area contributed by atoms with E-state index in [0.717, 1.165) is 33.3 Å². The van der Waals surface area contributed by atoms with Gasteiger partial charge in [0, 0.05) is 35.4 Å². The number of aromatic nitrogens is 6. The largest absolute Gasteiger partial charge is 2.00 e. The molecule has 8 aromatic rings. The Labute approximate surface area is 348 Å². The van der Waals surface area contributed by atoms with Crippen molar-refractivity contribution in [1.29, 1.82) is 0 Å². The van der Waals surface area contributed by atoms with E-state index >= 15 is 0 Å². The third kappa shape index (κ3) is 8.44. The number of hydrogen-bond acceptors (Lipinski definition) is 7. The molecule has 8 rings (SSSR count). The first-order valence-corrected chi connectivity index (χ1v) is 17.4. The minimum atomic E-state index is -0.00215. The van der Waals surface area contributed by atoms with E-state index in [2.05, 4.69) is 103 Å². The van der Waals surface area contributed by atoms with E-state index in [-0.39, 0.29) is 51.7 Å². The van der Waals surface area contributed by atoms with Gasteiger partial charge in [-0.3, -0.25) is 0 Å². The third-order valence-electron chi connectivity index (χ3n) is 8.99. The molecule has 0 N–H and O–H groups in total. The summed E-state index contributed by atoms with van der Waals surface area (Å²) in [5.74, 6) is 2.52. The Morgan fingerprint density at radius 1 is 0.509 bits per heavy atom. The number of rotatable bonds is 7. The minimum absolute atomic E-state index is 0. The van der Waals surface area contributed by atoms with Crippen molar-refractivity contribution >= 4 is 21.8 Å². The molecule has 0 amide bonds. The molecule has 0 bridgehead atoms. The van der Waals surface area contributed by atoms with Crippen molar-refractivity contribution in [2.75, 3.05) is 0 Å². The Morgan fingerprint density at radius 3 is 1.38 bits per heavy atom. The molecule has 0 fully saturated rings. The Balaban J connectivity index is 0.00000257. The van der Waals surface area contributed by atoms with E-state index < -0.39 is 0 Å². The van der Waals surface area contributed by atoms with E-state index in [4.69, 9.17) is 9.47 Å². The van der Waals surface area contributed by atoms with Crippen LogP contribution in [0.2, 0.25) is 0 Å². The molecule has 0 spiro atoms. The SMILES string of the molecule is CC(C)(C)c1ccnc(-c2[c-]c(Oc3[c-]c4c(cc3)c3ccc(Oc5[c-]c(-c6cc(C(C)(C)C)ccn6)ccc5)[c-]c3n4-c3ncncn3)ccc2)c1.[Pd+2].[Pd+2]. The van der Waals surface area contributed by atoms with Crippen LogP contribution >= 0.6 is 0 Å². The van der Waals surface area contributed by atoms with Gasteiger partial charge in [-0.05, 0) is 45.5 Å². The zero-order valence-corrected chi connectivity index (χ0v) is 34.1.